The maximum absolute atomic E-state index is 14.8. The highest BCUT2D eigenvalue weighted by Gasteiger charge is 2.48. The zero-order valence-electron chi connectivity index (χ0n) is 25.4. The second kappa shape index (κ2) is 10.0. The van der Waals surface area contributed by atoms with Gasteiger partial charge in [0.1, 0.15) is 10.6 Å². The van der Waals surface area contributed by atoms with Crippen LogP contribution in [0.3, 0.4) is 0 Å². The quantitative estimate of drug-likeness (QED) is 0.245. The van der Waals surface area contributed by atoms with Crippen molar-refractivity contribution in [2.24, 2.45) is 35.5 Å². The minimum absolute atomic E-state index is 0.129. The largest absolute Gasteiger partial charge is 0.379 e. The van der Waals surface area contributed by atoms with Gasteiger partial charge in [-0.1, -0.05) is 31.4 Å². The SMILES string of the molecule is O=S(=O)(O)c1ccc(OS(=O)(=O)c2c(C3CC4CCC3C4)cc(C3CC4CCC3C4)cc2C2CC3CCC2C3)c2c1CCC2. The summed E-state index contributed by atoms with van der Waals surface area (Å²) in [6.45, 7) is 0. The lowest BCUT2D eigenvalue weighted by Gasteiger charge is -2.32. The van der Waals surface area contributed by atoms with Gasteiger partial charge in [-0.15, -0.1) is 0 Å². The molecule has 7 aliphatic carbocycles. The van der Waals surface area contributed by atoms with Gasteiger partial charge in [0.15, 0.2) is 0 Å². The van der Waals surface area contributed by atoms with Crippen LogP contribution in [0.4, 0.5) is 0 Å². The van der Waals surface area contributed by atoms with Gasteiger partial charge in [0.25, 0.3) is 10.1 Å². The Bertz CT molecular complexity index is 1700. The van der Waals surface area contributed by atoms with E-state index < -0.39 is 20.2 Å². The molecule has 0 saturated heterocycles. The molecule has 6 saturated carbocycles. The van der Waals surface area contributed by atoms with Crippen LogP contribution in [0.1, 0.15) is 129 Å². The predicted octanol–water partition coefficient (Wildman–Crippen LogP) is 7.90. The first-order valence-corrected chi connectivity index (χ1v) is 20.2. The number of hydrogen-bond donors (Lipinski definition) is 1. The second-order valence-electron chi connectivity index (χ2n) is 15.8. The maximum atomic E-state index is 14.8. The van der Waals surface area contributed by atoms with Gasteiger partial charge in [0, 0.05) is 5.56 Å². The van der Waals surface area contributed by atoms with E-state index in [1.807, 2.05) is 0 Å². The van der Waals surface area contributed by atoms with Gasteiger partial charge in [-0.2, -0.15) is 16.8 Å². The Hall–Kier alpha value is -1.90. The summed E-state index contributed by atoms with van der Waals surface area (Å²) in [6.07, 6.45) is 16.4. The Labute approximate surface area is 262 Å². The summed E-state index contributed by atoms with van der Waals surface area (Å²) in [5.74, 6) is 5.27. The first-order chi connectivity index (χ1) is 21.1. The van der Waals surface area contributed by atoms with E-state index in [-0.39, 0.29) is 22.5 Å². The van der Waals surface area contributed by atoms with E-state index in [2.05, 4.69) is 12.1 Å². The van der Waals surface area contributed by atoms with E-state index in [0.29, 0.717) is 64.9 Å². The fourth-order valence-electron chi connectivity index (χ4n) is 11.8. The van der Waals surface area contributed by atoms with E-state index in [9.17, 15) is 21.4 Å². The summed E-state index contributed by atoms with van der Waals surface area (Å²) in [6, 6.07) is 7.42. The fourth-order valence-corrected chi connectivity index (χ4v) is 14.0. The molecule has 9 atom stereocenters. The molecule has 0 heterocycles. The van der Waals surface area contributed by atoms with Crippen molar-refractivity contribution >= 4 is 20.2 Å². The molecule has 236 valence electrons. The summed E-state index contributed by atoms with van der Waals surface area (Å²) in [7, 11) is -8.62. The van der Waals surface area contributed by atoms with E-state index in [1.54, 1.807) is 0 Å². The Balaban J connectivity index is 1.20. The van der Waals surface area contributed by atoms with E-state index in [4.69, 9.17) is 4.18 Å². The third kappa shape index (κ3) is 4.47. The monoisotopic (exact) mass is 636 g/mol. The molecule has 1 N–H and O–H groups in total. The molecule has 2 aromatic rings. The maximum Gasteiger partial charge on any atom is 0.339 e. The van der Waals surface area contributed by atoms with Crippen LogP contribution in [0.25, 0.3) is 0 Å². The zero-order valence-corrected chi connectivity index (χ0v) is 27.1. The van der Waals surface area contributed by atoms with Crippen LogP contribution in [-0.2, 0) is 33.1 Å². The highest BCUT2D eigenvalue weighted by molar-refractivity contribution is 7.87. The molecule has 0 spiro atoms. The summed E-state index contributed by atoms with van der Waals surface area (Å²) in [4.78, 5) is 0.320. The van der Waals surface area contributed by atoms with Gasteiger partial charge in [0.05, 0.1) is 4.90 Å². The first-order valence-electron chi connectivity index (χ1n) is 17.4. The molecule has 6 bridgehead atoms. The average Bonchev–Trinajstić information content (AvgIpc) is 3.85. The Morgan fingerprint density at radius 1 is 0.636 bits per heavy atom. The highest BCUT2D eigenvalue weighted by atomic mass is 32.2. The minimum Gasteiger partial charge on any atom is -0.379 e. The van der Waals surface area contributed by atoms with Gasteiger partial charge in [-0.3, -0.25) is 4.55 Å². The van der Waals surface area contributed by atoms with Crippen molar-refractivity contribution in [1.29, 1.82) is 0 Å². The molecule has 8 heteroatoms. The molecular weight excluding hydrogens is 593 g/mol. The predicted molar refractivity (Wildman–Crippen MR) is 167 cm³/mol. The lowest BCUT2D eigenvalue weighted by molar-refractivity contribution is 0.392. The summed E-state index contributed by atoms with van der Waals surface area (Å²) < 4.78 is 69.9. The van der Waals surface area contributed by atoms with Crippen LogP contribution in [-0.4, -0.2) is 21.4 Å². The van der Waals surface area contributed by atoms with Crippen LogP contribution in [0.5, 0.6) is 5.75 Å². The molecule has 6 fully saturated rings. The van der Waals surface area contributed by atoms with Crippen LogP contribution in [0.2, 0.25) is 0 Å². The van der Waals surface area contributed by atoms with Gasteiger partial charge in [0.2, 0.25) is 0 Å². The molecular formula is C36H44O6S2. The smallest absolute Gasteiger partial charge is 0.339 e. The molecule has 6 nitrogen and oxygen atoms in total. The summed E-state index contributed by atoms with van der Waals surface area (Å²) in [5.41, 5.74) is 4.55. The molecule has 9 unspecified atom stereocenters. The second-order valence-corrected chi connectivity index (χ2v) is 18.6. The van der Waals surface area contributed by atoms with Gasteiger partial charge in [-0.05, 0) is 165 Å². The standard InChI is InChI=1S/C36H44O6S2/c37-43(38,39)35-11-10-34(27-2-1-3-28(27)35)42-44(40,41)36-32(30-16-21-5-8-24(30)13-21)18-26(29-15-20-4-7-23(29)12-20)19-33(36)31-17-22-6-9-25(31)14-22/h10-11,18-25,29-31H,1-9,12-17H2,(H,37,38,39). The van der Waals surface area contributed by atoms with E-state index in [1.165, 1.54) is 81.9 Å². The molecule has 0 aromatic heterocycles. The van der Waals surface area contributed by atoms with Crippen molar-refractivity contribution in [3.8, 4) is 5.75 Å². The fraction of sp³-hybridized carbons (Fsp3) is 0.667. The lowest BCUT2D eigenvalue weighted by atomic mass is 9.75. The van der Waals surface area contributed by atoms with Gasteiger partial charge in [-0.25, -0.2) is 0 Å². The lowest BCUT2D eigenvalue weighted by Crippen LogP contribution is -2.23. The molecule has 0 radical (unpaired) electrons. The van der Waals surface area contributed by atoms with Crippen molar-refractivity contribution in [3.05, 3.63) is 52.1 Å². The van der Waals surface area contributed by atoms with Crippen molar-refractivity contribution in [2.75, 3.05) is 0 Å². The number of benzene rings is 2. The van der Waals surface area contributed by atoms with Gasteiger partial charge >= 0.3 is 10.1 Å². The molecule has 44 heavy (non-hydrogen) atoms. The topological polar surface area (TPSA) is 97.7 Å². The zero-order chi connectivity index (χ0) is 30.0. The van der Waals surface area contributed by atoms with Crippen LogP contribution in [0, 0.1) is 35.5 Å². The summed E-state index contributed by atoms with van der Waals surface area (Å²) in [5, 5.41) is 0. The first kappa shape index (κ1) is 28.3. The van der Waals surface area contributed by atoms with Crippen LogP contribution in [0.15, 0.2) is 34.1 Å². The van der Waals surface area contributed by atoms with Crippen molar-refractivity contribution in [2.45, 2.75) is 124 Å². The third-order valence-corrected chi connectivity index (χ3v) is 15.8. The number of rotatable bonds is 7. The third-order valence-electron chi connectivity index (χ3n) is 13.5. The van der Waals surface area contributed by atoms with Crippen LogP contribution >= 0.6 is 0 Å². The molecule has 0 amide bonds. The summed E-state index contributed by atoms with van der Waals surface area (Å²) >= 11 is 0. The Morgan fingerprint density at radius 3 is 1.64 bits per heavy atom. The van der Waals surface area contributed by atoms with Gasteiger partial charge < -0.3 is 4.18 Å². The van der Waals surface area contributed by atoms with Crippen molar-refractivity contribution in [1.82, 2.24) is 0 Å². The Morgan fingerprint density at radius 2 is 1.16 bits per heavy atom. The number of hydrogen-bond acceptors (Lipinski definition) is 5. The van der Waals surface area contributed by atoms with Crippen molar-refractivity contribution in [3.63, 3.8) is 0 Å². The molecule has 2 aromatic carbocycles. The molecule has 0 aliphatic heterocycles. The van der Waals surface area contributed by atoms with Crippen molar-refractivity contribution < 1.29 is 25.6 Å². The number of fused-ring (bicyclic) bond motifs is 7. The van der Waals surface area contributed by atoms with E-state index in [0.717, 1.165) is 35.8 Å². The molecule has 7 aliphatic rings. The van der Waals surface area contributed by atoms with E-state index >= 15 is 0 Å². The molecule has 9 rings (SSSR count). The normalized spacial score (nSPS) is 36.9. The highest BCUT2D eigenvalue weighted by Crippen LogP contribution is 2.60. The minimum atomic E-state index is -4.41. The van der Waals surface area contributed by atoms with Crippen LogP contribution < -0.4 is 4.18 Å². The Kier molecular flexibility index (Phi) is 6.47. The average molecular weight is 637 g/mol.